The van der Waals surface area contributed by atoms with E-state index in [1.165, 1.54) is 6.20 Å². The number of ketones is 1. The number of carbonyl (C=O) groups excluding carboxylic acids is 1. The number of carbonyl (C=O) groups is 1. The number of aromatic nitrogens is 1. The van der Waals surface area contributed by atoms with Crippen molar-refractivity contribution in [3.05, 3.63) is 22.8 Å². The largest absolute Gasteiger partial charge is 0.383 e. The summed E-state index contributed by atoms with van der Waals surface area (Å²) in [5, 5.41) is 0.415. The van der Waals surface area contributed by atoms with E-state index in [0.29, 0.717) is 23.6 Å². The molecule has 0 radical (unpaired) electrons. The first kappa shape index (κ1) is 12.9. The average molecular weight is 242 g/mol. The molecule has 0 aliphatic heterocycles. The molecule has 88 valence electrons. The summed E-state index contributed by atoms with van der Waals surface area (Å²) < 4.78 is 0. The fourth-order valence-electron chi connectivity index (χ4n) is 1.44. The summed E-state index contributed by atoms with van der Waals surface area (Å²) in [5.41, 5.74) is 11.6. The van der Waals surface area contributed by atoms with E-state index < -0.39 is 0 Å². The molecule has 1 heterocycles. The monoisotopic (exact) mass is 241 g/mol. The molecule has 1 unspecified atom stereocenters. The lowest BCUT2D eigenvalue weighted by Gasteiger charge is -2.11. The van der Waals surface area contributed by atoms with E-state index in [-0.39, 0.29) is 17.5 Å². The zero-order chi connectivity index (χ0) is 12.1. The number of hydrogen-bond acceptors (Lipinski definition) is 4. The summed E-state index contributed by atoms with van der Waals surface area (Å²) in [7, 11) is 0. The quantitative estimate of drug-likeness (QED) is 0.771. The summed E-state index contributed by atoms with van der Waals surface area (Å²) in [6.07, 6.45) is 2.68. The van der Waals surface area contributed by atoms with Gasteiger partial charge in [-0.2, -0.15) is 0 Å². The van der Waals surface area contributed by atoms with Crippen molar-refractivity contribution in [1.82, 2.24) is 4.98 Å². The summed E-state index contributed by atoms with van der Waals surface area (Å²) in [6.45, 7) is 2.50. The predicted molar refractivity (Wildman–Crippen MR) is 65.4 cm³/mol. The van der Waals surface area contributed by atoms with E-state index in [1.54, 1.807) is 6.07 Å². The van der Waals surface area contributed by atoms with Crippen LogP contribution in [0.4, 0.5) is 5.82 Å². The number of nitrogens with two attached hydrogens (primary N) is 2. The molecule has 0 aliphatic rings. The number of hydrogen-bond donors (Lipinski definition) is 2. The highest BCUT2D eigenvalue weighted by atomic mass is 35.5. The van der Waals surface area contributed by atoms with Gasteiger partial charge in [-0.1, -0.05) is 24.9 Å². The lowest BCUT2D eigenvalue weighted by molar-refractivity contribution is 0.0962. The van der Waals surface area contributed by atoms with Crippen molar-refractivity contribution in [2.75, 3.05) is 12.3 Å². The minimum Gasteiger partial charge on any atom is -0.383 e. The van der Waals surface area contributed by atoms with Crippen molar-refractivity contribution in [1.29, 1.82) is 0 Å². The topological polar surface area (TPSA) is 82.0 Å². The van der Waals surface area contributed by atoms with Crippen LogP contribution < -0.4 is 11.5 Å². The van der Waals surface area contributed by atoms with Crippen molar-refractivity contribution < 1.29 is 4.79 Å². The van der Waals surface area contributed by atoms with E-state index in [4.69, 9.17) is 23.1 Å². The summed E-state index contributed by atoms with van der Waals surface area (Å²) in [5.74, 6) is 0.358. The molecule has 0 aliphatic carbocycles. The molecule has 1 rings (SSSR count). The van der Waals surface area contributed by atoms with Crippen molar-refractivity contribution in [2.45, 2.75) is 19.8 Å². The molecule has 0 saturated carbocycles. The third-order valence-electron chi connectivity index (χ3n) is 2.57. The van der Waals surface area contributed by atoms with Crippen LogP contribution in [0, 0.1) is 5.92 Å². The van der Waals surface area contributed by atoms with E-state index >= 15 is 0 Å². The molecule has 4 nitrogen and oxygen atoms in total. The van der Waals surface area contributed by atoms with Crippen LogP contribution in [0.15, 0.2) is 12.3 Å². The van der Waals surface area contributed by atoms with E-state index in [9.17, 15) is 4.79 Å². The number of nitrogens with zero attached hydrogens (tertiary/aromatic N) is 1. The van der Waals surface area contributed by atoms with Gasteiger partial charge in [-0.3, -0.25) is 4.79 Å². The zero-order valence-corrected chi connectivity index (χ0v) is 10.00. The van der Waals surface area contributed by atoms with Crippen molar-refractivity contribution in [3.8, 4) is 0 Å². The molecular weight excluding hydrogens is 226 g/mol. The SMILES string of the molecule is CCC(CN)CC(=O)c1cc(Cl)cnc1N. The molecule has 16 heavy (non-hydrogen) atoms. The highest BCUT2D eigenvalue weighted by Crippen LogP contribution is 2.19. The summed E-state index contributed by atoms with van der Waals surface area (Å²) in [4.78, 5) is 15.8. The molecule has 0 fully saturated rings. The van der Waals surface area contributed by atoms with E-state index in [0.717, 1.165) is 6.42 Å². The van der Waals surface area contributed by atoms with Crippen LogP contribution in [-0.2, 0) is 0 Å². The Labute approximate surface area is 100.0 Å². The molecule has 0 aromatic carbocycles. The van der Waals surface area contributed by atoms with Crippen LogP contribution in [0.3, 0.4) is 0 Å². The molecule has 5 heteroatoms. The number of rotatable bonds is 5. The Morgan fingerprint density at radius 2 is 2.31 bits per heavy atom. The Morgan fingerprint density at radius 3 is 2.88 bits per heavy atom. The maximum atomic E-state index is 11.9. The lowest BCUT2D eigenvalue weighted by atomic mass is 9.96. The first-order valence-electron chi connectivity index (χ1n) is 5.22. The van der Waals surface area contributed by atoms with Gasteiger partial charge < -0.3 is 11.5 Å². The van der Waals surface area contributed by atoms with E-state index in [1.807, 2.05) is 6.92 Å². The number of anilines is 1. The first-order chi connectivity index (χ1) is 7.58. The summed E-state index contributed by atoms with van der Waals surface area (Å²) >= 11 is 5.77. The minimum atomic E-state index is -0.0511. The normalized spacial score (nSPS) is 12.4. The maximum absolute atomic E-state index is 11.9. The van der Waals surface area contributed by atoms with Gasteiger partial charge in [-0.15, -0.1) is 0 Å². The molecule has 0 amide bonds. The minimum absolute atomic E-state index is 0.0511. The van der Waals surface area contributed by atoms with Crippen LogP contribution in [0.25, 0.3) is 0 Å². The molecule has 1 aromatic rings. The second kappa shape index (κ2) is 5.82. The van der Waals surface area contributed by atoms with Gasteiger partial charge in [0, 0.05) is 12.6 Å². The Bertz CT molecular complexity index is 377. The van der Waals surface area contributed by atoms with Crippen LogP contribution >= 0.6 is 11.6 Å². The van der Waals surface area contributed by atoms with Gasteiger partial charge in [0.1, 0.15) is 5.82 Å². The van der Waals surface area contributed by atoms with Gasteiger partial charge in [0.2, 0.25) is 0 Å². The Balaban J connectivity index is 2.83. The third kappa shape index (κ3) is 3.18. The zero-order valence-electron chi connectivity index (χ0n) is 9.24. The smallest absolute Gasteiger partial charge is 0.166 e. The lowest BCUT2D eigenvalue weighted by Crippen LogP contribution is -2.18. The molecule has 4 N–H and O–H groups in total. The van der Waals surface area contributed by atoms with Crippen molar-refractivity contribution in [2.24, 2.45) is 11.7 Å². The van der Waals surface area contributed by atoms with Gasteiger partial charge in [0.05, 0.1) is 10.6 Å². The number of halogens is 1. The Hall–Kier alpha value is -1.13. The van der Waals surface area contributed by atoms with Crippen LogP contribution in [0.1, 0.15) is 30.1 Å². The van der Waals surface area contributed by atoms with Gasteiger partial charge in [0.25, 0.3) is 0 Å². The Morgan fingerprint density at radius 1 is 1.62 bits per heavy atom. The summed E-state index contributed by atoms with van der Waals surface area (Å²) in [6, 6.07) is 1.55. The fraction of sp³-hybridized carbons (Fsp3) is 0.455. The molecule has 0 bridgehead atoms. The predicted octanol–water partition coefficient (Wildman–Crippen LogP) is 1.87. The van der Waals surface area contributed by atoms with Gasteiger partial charge in [-0.25, -0.2) is 4.98 Å². The highest BCUT2D eigenvalue weighted by Gasteiger charge is 2.15. The second-order valence-corrected chi connectivity index (χ2v) is 4.16. The number of nitrogen functional groups attached to an aromatic ring is 1. The highest BCUT2D eigenvalue weighted by molar-refractivity contribution is 6.31. The maximum Gasteiger partial charge on any atom is 0.166 e. The van der Waals surface area contributed by atoms with Gasteiger partial charge in [-0.05, 0) is 18.5 Å². The van der Waals surface area contributed by atoms with Gasteiger partial charge >= 0.3 is 0 Å². The van der Waals surface area contributed by atoms with Crippen molar-refractivity contribution in [3.63, 3.8) is 0 Å². The number of pyridine rings is 1. The molecule has 1 aromatic heterocycles. The van der Waals surface area contributed by atoms with Crippen LogP contribution in [0.2, 0.25) is 5.02 Å². The van der Waals surface area contributed by atoms with Crippen LogP contribution in [0.5, 0.6) is 0 Å². The second-order valence-electron chi connectivity index (χ2n) is 3.72. The average Bonchev–Trinajstić information content (AvgIpc) is 2.28. The third-order valence-corrected chi connectivity index (χ3v) is 2.78. The fourth-order valence-corrected chi connectivity index (χ4v) is 1.60. The van der Waals surface area contributed by atoms with Crippen LogP contribution in [-0.4, -0.2) is 17.3 Å². The van der Waals surface area contributed by atoms with Crippen molar-refractivity contribution >= 4 is 23.2 Å². The molecule has 1 atom stereocenters. The Kier molecular flexibility index (Phi) is 4.71. The molecule has 0 spiro atoms. The molecular formula is C11H16ClN3O. The first-order valence-corrected chi connectivity index (χ1v) is 5.60. The van der Waals surface area contributed by atoms with Gasteiger partial charge in [0.15, 0.2) is 5.78 Å². The standard InChI is InChI=1S/C11H16ClN3O/c1-2-7(5-13)3-10(16)9-4-8(12)6-15-11(9)14/h4,6-7H,2-3,5,13H2,1H3,(H2,14,15). The molecule has 0 saturated heterocycles. The number of Topliss-reactive ketones (excluding diaryl/α,β-unsaturated/α-hetero) is 1. The van der Waals surface area contributed by atoms with E-state index in [2.05, 4.69) is 4.98 Å².